The molecule has 0 unspecified atom stereocenters. The summed E-state index contributed by atoms with van der Waals surface area (Å²) < 4.78 is 15.4. The van der Waals surface area contributed by atoms with Gasteiger partial charge >= 0.3 is 0 Å². The molecule has 6 heteroatoms. The number of aromatic nitrogens is 3. The summed E-state index contributed by atoms with van der Waals surface area (Å²) in [5, 5.41) is 11.7. The fraction of sp³-hybridized carbons (Fsp3) is 0.263. The van der Waals surface area contributed by atoms with Gasteiger partial charge in [0.2, 0.25) is 0 Å². The van der Waals surface area contributed by atoms with Gasteiger partial charge in [-0.05, 0) is 30.2 Å². The van der Waals surface area contributed by atoms with Gasteiger partial charge in [0.05, 0.1) is 0 Å². The van der Waals surface area contributed by atoms with E-state index in [0.29, 0.717) is 12.3 Å². The number of allylic oxidation sites excluding steroid dienone is 1. The van der Waals surface area contributed by atoms with Crippen molar-refractivity contribution < 1.29 is 4.39 Å². The van der Waals surface area contributed by atoms with Gasteiger partial charge in [-0.1, -0.05) is 43.3 Å². The Kier molecular flexibility index (Phi) is 6.04. The maximum atomic E-state index is 13.3. The second kappa shape index (κ2) is 8.45. The van der Waals surface area contributed by atoms with Crippen molar-refractivity contribution >= 4 is 23.1 Å². The number of hydrogen-bond acceptors (Lipinski definition) is 4. The molecule has 0 fully saturated rings. The smallest absolute Gasteiger partial charge is 0.192 e. The van der Waals surface area contributed by atoms with E-state index in [2.05, 4.69) is 39.7 Å². The summed E-state index contributed by atoms with van der Waals surface area (Å²) in [5.74, 6) is 1.30. The van der Waals surface area contributed by atoms with Crippen LogP contribution in [0.3, 0.4) is 0 Å². The summed E-state index contributed by atoms with van der Waals surface area (Å²) in [6, 6.07) is 8.85. The lowest BCUT2D eigenvalue weighted by Gasteiger charge is -2.07. The van der Waals surface area contributed by atoms with Crippen LogP contribution >= 0.6 is 23.1 Å². The van der Waals surface area contributed by atoms with Crippen LogP contribution in [0.4, 0.5) is 4.39 Å². The summed E-state index contributed by atoms with van der Waals surface area (Å²) >= 11 is 3.32. The van der Waals surface area contributed by atoms with Crippen molar-refractivity contribution in [3.63, 3.8) is 0 Å². The van der Waals surface area contributed by atoms with Crippen LogP contribution in [0.25, 0.3) is 11.4 Å². The van der Waals surface area contributed by atoms with Gasteiger partial charge in [-0.2, -0.15) is 0 Å². The quantitative estimate of drug-likeness (QED) is 0.382. The van der Waals surface area contributed by atoms with E-state index in [4.69, 9.17) is 0 Å². The third-order valence-electron chi connectivity index (χ3n) is 3.69. The van der Waals surface area contributed by atoms with Gasteiger partial charge in [0.25, 0.3) is 0 Å². The van der Waals surface area contributed by atoms with E-state index in [-0.39, 0.29) is 5.82 Å². The zero-order valence-corrected chi connectivity index (χ0v) is 15.7. The molecule has 0 amide bonds. The minimum Gasteiger partial charge on any atom is -0.298 e. The monoisotopic (exact) mass is 373 g/mol. The molecule has 25 heavy (non-hydrogen) atoms. The van der Waals surface area contributed by atoms with Gasteiger partial charge in [-0.25, -0.2) is 4.39 Å². The van der Waals surface area contributed by atoms with Crippen molar-refractivity contribution in [3.05, 3.63) is 64.6 Å². The summed E-state index contributed by atoms with van der Waals surface area (Å²) in [4.78, 5) is 1.36. The predicted molar refractivity (Wildman–Crippen MR) is 103 cm³/mol. The third-order valence-corrected chi connectivity index (χ3v) is 5.73. The van der Waals surface area contributed by atoms with Crippen LogP contribution in [0.15, 0.2) is 53.5 Å². The maximum Gasteiger partial charge on any atom is 0.192 e. The van der Waals surface area contributed by atoms with E-state index in [1.165, 1.54) is 10.9 Å². The fourth-order valence-electron chi connectivity index (χ4n) is 2.55. The van der Waals surface area contributed by atoms with Crippen molar-refractivity contribution in [2.24, 2.45) is 0 Å². The summed E-state index contributed by atoms with van der Waals surface area (Å²) in [6.45, 7) is 6.67. The van der Waals surface area contributed by atoms with Gasteiger partial charge in [0, 0.05) is 28.1 Å². The molecule has 0 saturated carbocycles. The highest BCUT2D eigenvalue weighted by Gasteiger charge is 2.15. The molecular formula is C19H20FN3S2. The van der Waals surface area contributed by atoms with Crippen LogP contribution in [0.2, 0.25) is 0 Å². The molecule has 0 radical (unpaired) electrons. The Balaban J connectivity index is 1.82. The Morgan fingerprint density at radius 3 is 2.96 bits per heavy atom. The van der Waals surface area contributed by atoms with Crippen LogP contribution in [0.5, 0.6) is 0 Å². The number of nitrogens with zero attached hydrogens (tertiary/aromatic N) is 3. The van der Waals surface area contributed by atoms with Crippen molar-refractivity contribution in [3.8, 4) is 11.4 Å². The Morgan fingerprint density at radius 1 is 1.32 bits per heavy atom. The van der Waals surface area contributed by atoms with E-state index in [9.17, 15) is 4.39 Å². The number of benzene rings is 1. The number of halogens is 1. The van der Waals surface area contributed by atoms with E-state index in [1.54, 1.807) is 35.2 Å². The first-order valence-corrected chi connectivity index (χ1v) is 10.1. The average molecular weight is 374 g/mol. The zero-order chi connectivity index (χ0) is 17.6. The summed E-state index contributed by atoms with van der Waals surface area (Å²) in [5.41, 5.74) is 2.03. The van der Waals surface area contributed by atoms with Crippen LogP contribution in [-0.2, 0) is 18.7 Å². The van der Waals surface area contributed by atoms with Crippen LogP contribution in [0, 0.1) is 5.82 Å². The van der Waals surface area contributed by atoms with Gasteiger partial charge in [0.15, 0.2) is 11.0 Å². The highest BCUT2D eigenvalue weighted by atomic mass is 32.2. The highest BCUT2D eigenvalue weighted by molar-refractivity contribution is 7.98. The van der Waals surface area contributed by atoms with E-state index in [1.807, 2.05) is 12.1 Å². The van der Waals surface area contributed by atoms with Crippen molar-refractivity contribution in [2.75, 3.05) is 0 Å². The second-order valence-electron chi connectivity index (χ2n) is 5.68. The molecule has 0 aliphatic rings. The van der Waals surface area contributed by atoms with Crippen LogP contribution in [0.1, 0.15) is 23.8 Å². The Bertz CT molecular complexity index is 854. The fourth-order valence-corrected chi connectivity index (χ4v) is 4.41. The molecule has 1 aromatic carbocycles. The topological polar surface area (TPSA) is 30.7 Å². The second-order valence-corrected chi connectivity index (χ2v) is 7.61. The maximum absolute atomic E-state index is 13.3. The highest BCUT2D eigenvalue weighted by Crippen LogP contribution is 2.29. The first kappa shape index (κ1) is 17.9. The molecule has 0 aliphatic carbocycles. The molecule has 0 N–H and O–H groups in total. The lowest BCUT2D eigenvalue weighted by Crippen LogP contribution is -2.00. The number of hydrogen-bond donors (Lipinski definition) is 0. The van der Waals surface area contributed by atoms with E-state index < -0.39 is 0 Å². The molecule has 0 bridgehead atoms. The number of rotatable bonds is 8. The first-order valence-electron chi connectivity index (χ1n) is 8.20. The zero-order valence-electron chi connectivity index (χ0n) is 14.1. The minimum absolute atomic E-state index is 0.215. The molecular weight excluding hydrogens is 353 g/mol. The van der Waals surface area contributed by atoms with Crippen LogP contribution < -0.4 is 0 Å². The third kappa shape index (κ3) is 4.38. The molecule has 3 aromatic rings. The van der Waals surface area contributed by atoms with Crippen LogP contribution in [-0.4, -0.2) is 14.8 Å². The number of thioether (sulfide) groups is 1. The molecule has 0 saturated heterocycles. The lowest BCUT2D eigenvalue weighted by molar-refractivity contribution is 0.626. The molecule has 2 heterocycles. The van der Waals surface area contributed by atoms with Crippen molar-refractivity contribution in [2.45, 2.75) is 37.2 Å². The van der Waals surface area contributed by atoms with Gasteiger partial charge in [0.1, 0.15) is 5.82 Å². The average Bonchev–Trinajstić information content (AvgIpc) is 3.21. The molecule has 2 aromatic heterocycles. The number of thiophene rings is 1. The van der Waals surface area contributed by atoms with Gasteiger partial charge in [-0.3, -0.25) is 4.57 Å². The Labute approximate surface area is 155 Å². The van der Waals surface area contributed by atoms with Crippen molar-refractivity contribution in [1.29, 1.82) is 0 Å². The lowest BCUT2D eigenvalue weighted by atomic mass is 10.2. The first-order chi connectivity index (χ1) is 12.2. The summed E-state index contributed by atoms with van der Waals surface area (Å²) in [6.07, 6.45) is 4.06. The SMILES string of the molecule is C=CCn1c(SCc2cccc(F)c2)nnc1-c1csc(CCC)c1. The van der Waals surface area contributed by atoms with E-state index in [0.717, 1.165) is 34.9 Å². The standard InChI is InChI=1S/C19H20FN3S2/c1-3-6-17-11-15(13-24-17)18-21-22-19(23(18)9-4-2)25-12-14-7-5-8-16(20)10-14/h4-5,7-8,10-11,13H,2-3,6,9,12H2,1H3. The minimum atomic E-state index is -0.215. The molecule has 0 aliphatic heterocycles. The normalized spacial score (nSPS) is 11.0. The molecule has 0 spiro atoms. The molecule has 0 atom stereocenters. The van der Waals surface area contributed by atoms with Gasteiger partial charge in [-0.15, -0.1) is 28.1 Å². The van der Waals surface area contributed by atoms with E-state index >= 15 is 0 Å². The molecule has 3 nitrogen and oxygen atoms in total. The largest absolute Gasteiger partial charge is 0.298 e. The summed E-state index contributed by atoms with van der Waals surface area (Å²) in [7, 11) is 0. The van der Waals surface area contributed by atoms with Gasteiger partial charge < -0.3 is 0 Å². The molecule has 130 valence electrons. The van der Waals surface area contributed by atoms with Crippen molar-refractivity contribution in [1.82, 2.24) is 14.8 Å². The number of aryl methyl sites for hydroxylation is 1. The predicted octanol–water partition coefficient (Wildman–Crippen LogP) is 5.58. The Hall–Kier alpha value is -1.92. The Morgan fingerprint density at radius 2 is 2.20 bits per heavy atom. The molecule has 3 rings (SSSR count).